The van der Waals surface area contributed by atoms with Crippen molar-refractivity contribution < 1.29 is 23.1 Å². The van der Waals surface area contributed by atoms with Crippen LogP contribution in [0.4, 0.5) is 13.2 Å². The van der Waals surface area contributed by atoms with E-state index in [9.17, 15) is 27.6 Å². The van der Waals surface area contributed by atoms with Gasteiger partial charge >= 0.3 is 17.8 Å². The van der Waals surface area contributed by atoms with Crippen molar-refractivity contribution in [1.82, 2.24) is 9.55 Å². The monoisotopic (exact) mass is 314 g/mol. The summed E-state index contributed by atoms with van der Waals surface area (Å²) in [6.07, 6.45) is -4.36. The topological polar surface area (TPSA) is 92.2 Å². The first kappa shape index (κ1) is 15.5. The third-order valence-electron chi connectivity index (χ3n) is 2.82. The fourth-order valence-corrected chi connectivity index (χ4v) is 1.86. The SMILES string of the molecule is O=C(O)Cc1c[nH]c(=O)n(-c2cccc(C(F)(F)F)c2)c1=O. The maximum absolute atomic E-state index is 12.7. The number of aromatic amines is 1. The van der Waals surface area contributed by atoms with Gasteiger partial charge in [-0.1, -0.05) is 6.07 Å². The number of carboxylic acids is 1. The summed E-state index contributed by atoms with van der Waals surface area (Å²) in [5.41, 5.74) is -3.51. The number of carboxylic acid groups (broad SMARTS) is 1. The molecule has 0 aliphatic heterocycles. The summed E-state index contributed by atoms with van der Waals surface area (Å²) in [4.78, 5) is 36.6. The van der Waals surface area contributed by atoms with E-state index in [1.807, 2.05) is 0 Å². The summed E-state index contributed by atoms with van der Waals surface area (Å²) in [5.74, 6) is -1.31. The van der Waals surface area contributed by atoms with Gasteiger partial charge in [0.25, 0.3) is 5.56 Å². The molecular weight excluding hydrogens is 305 g/mol. The van der Waals surface area contributed by atoms with Gasteiger partial charge < -0.3 is 10.1 Å². The number of alkyl halides is 3. The normalized spacial score (nSPS) is 11.4. The number of aromatic nitrogens is 2. The van der Waals surface area contributed by atoms with Gasteiger partial charge in [-0.3, -0.25) is 9.59 Å². The number of rotatable bonds is 3. The highest BCUT2D eigenvalue weighted by Gasteiger charge is 2.30. The first-order valence-corrected chi connectivity index (χ1v) is 5.93. The minimum atomic E-state index is -4.63. The molecule has 0 amide bonds. The number of H-pyrrole nitrogens is 1. The van der Waals surface area contributed by atoms with Crippen molar-refractivity contribution in [2.75, 3.05) is 0 Å². The van der Waals surface area contributed by atoms with Gasteiger partial charge in [-0.05, 0) is 18.2 Å². The van der Waals surface area contributed by atoms with Crippen LogP contribution >= 0.6 is 0 Å². The Balaban J connectivity index is 2.65. The summed E-state index contributed by atoms with van der Waals surface area (Å²) in [6.45, 7) is 0. The number of halogens is 3. The quantitative estimate of drug-likeness (QED) is 0.889. The molecule has 0 spiro atoms. The van der Waals surface area contributed by atoms with Crippen molar-refractivity contribution in [3.63, 3.8) is 0 Å². The van der Waals surface area contributed by atoms with E-state index in [1.165, 1.54) is 0 Å². The summed E-state index contributed by atoms with van der Waals surface area (Å²) in [5, 5.41) is 8.68. The number of hydrogen-bond donors (Lipinski definition) is 2. The molecule has 0 radical (unpaired) electrons. The second-order valence-corrected chi connectivity index (χ2v) is 4.38. The lowest BCUT2D eigenvalue weighted by Gasteiger charge is -2.10. The fraction of sp³-hybridized carbons (Fsp3) is 0.154. The number of hydrogen-bond acceptors (Lipinski definition) is 3. The zero-order valence-electron chi connectivity index (χ0n) is 10.8. The van der Waals surface area contributed by atoms with Crippen LogP contribution in [0.3, 0.4) is 0 Å². The van der Waals surface area contributed by atoms with Crippen LogP contribution in [-0.4, -0.2) is 20.6 Å². The Morgan fingerprint density at radius 3 is 2.55 bits per heavy atom. The Bertz CT molecular complexity index is 836. The molecular formula is C13H9F3N2O4. The van der Waals surface area contributed by atoms with E-state index in [1.54, 1.807) is 0 Å². The van der Waals surface area contributed by atoms with Gasteiger partial charge in [-0.15, -0.1) is 0 Å². The zero-order chi connectivity index (χ0) is 16.5. The van der Waals surface area contributed by atoms with Crippen molar-refractivity contribution >= 4 is 5.97 Å². The molecule has 1 aromatic heterocycles. The second kappa shape index (κ2) is 5.51. The summed E-state index contributed by atoms with van der Waals surface area (Å²) in [6, 6.07) is 3.63. The van der Waals surface area contributed by atoms with E-state index in [-0.39, 0.29) is 11.3 Å². The Kier molecular flexibility index (Phi) is 3.89. The molecule has 1 aromatic carbocycles. The molecule has 0 saturated heterocycles. The van der Waals surface area contributed by atoms with Crippen LogP contribution in [0.5, 0.6) is 0 Å². The first-order valence-electron chi connectivity index (χ1n) is 5.93. The molecule has 9 heteroatoms. The Morgan fingerprint density at radius 1 is 1.27 bits per heavy atom. The highest BCUT2D eigenvalue weighted by atomic mass is 19.4. The van der Waals surface area contributed by atoms with Gasteiger partial charge in [0.15, 0.2) is 0 Å². The Labute approximate surface area is 120 Å². The molecule has 0 bridgehead atoms. The number of nitrogens with one attached hydrogen (secondary N) is 1. The molecule has 0 saturated carbocycles. The predicted octanol–water partition coefficient (Wildman–Crippen LogP) is 1.17. The van der Waals surface area contributed by atoms with E-state index in [4.69, 9.17) is 5.11 Å². The molecule has 2 N–H and O–H groups in total. The predicted molar refractivity (Wildman–Crippen MR) is 69.0 cm³/mol. The minimum absolute atomic E-state index is 0.246. The summed E-state index contributed by atoms with van der Waals surface area (Å²) < 4.78 is 38.5. The van der Waals surface area contributed by atoms with Gasteiger partial charge in [0.1, 0.15) is 0 Å². The average molecular weight is 314 g/mol. The van der Waals surface area contributed by atoms with Crippen molar-refractivity contribution in [3.8, 4) is 5.69 Å². The van der Waals surface area contributed by atoms with Crippen LogP contribution in [0.2, 0.25) is 0 Å². The standard InChI is InChI=1S/C13H9F3N2O4/c14-13(15,16)8-2-1-3-9(5-8)18-11(21)7(4-10(19)20)6-17-12(18)22/h1-3,5-6H,4H2,(H,17,22)(H,19,20). The van der Waals surface area contributed by atoms with Gasteiger partial charge in [0, 0.05) is 11.8 Å². The lowest BCUT2D eigenvalue weighted by molar-refractivity contribution is -0.138. The third-order valence-corrected chi connectivity index (χ3v) is 2.82. The second-order valence-electron chi connectivity index (χ2n) is 4.38. The van der Waals surface area contributed by atoms with E-state index >= 15 is 0 Å². The first-order chi connectivity index (χ1) is 10.2. The smallest absolute Gasteiger partial charge is 0.416 e. The van der Waals surface area contributed by atoms with Crippen LogP contribution in [-0.2, 0) is 17.4 Å². The molecule has 6 nitrogen and oxygen atoms in total. The highest BCUT2D eigenvalue weighted by Crippen LogP contribution is 2.29. The van der Waals surface area contributed by atoms with Crippen LogP contribution < -0.4 is 11.2 Å². The van der Waals surface area contributed by atoms with Crippen molar-refractivity contribution in [1.29, 1.82) is 0 Å². The summed E-state index contributed by atoms with van der Waals surface area (Å²) >= 11 is 0. The maximum atomic E-state index is 12.7. The molecule has 1 heterocycles. The molecule has 0 atom stereocenters. The minimum Gasteiger partial charge on any atom is -0.481 e. The van der Waals surface area contributed by atoms with E-state index in [0.29, 0.717) is 10.6 Å². The van der Waals surface area contributed by atoms with Crippen LogP contribution in [0.1, 0.15) is 11.1 Å². The maximum Gasteiger partial charge on any atom is 0.416 e. The Morgan fingerprint density at radius 2 is 1.95 bits per heavy atom. The van der Waals surface area contributed by atoms with Crippen LogP contribution in [0.15, 0.2) is 40.1 Å². The molecule has 116 valence electrons. The lowest BCUT2D eigenvalue weighted by atomic mass is 10.2. The van der Waals surface area contributed by atoms with E-state index in [0.717, 1.165) is 24.4 Å². The van der Waals surface area contributed by atoms with Crippen molar-refractivity contribution in [3.05, 3.63) is 62.4 Å². The molecule has 2 rings (SSSR count). The largest absolute Gasteiger partial charge is 0.481 e. The molecule has 0 aliphatic carbocycles. The number of aliphatic carboxylic acids is 1. The highest BCUT2D eigenvalue weighted by molar-refractivity contribution is 5.69. The van der Waals surface area contributed by atoms with E-state index in [2.05, 4.69) is 4.98 Å². The molecule has 2 aromatic rings. The van der Waals surface area contributed by atoms with Crippen molar-refractivity contribution in [2.45, 2.75) is 12.6 Å². The summed E-state index contributed by atoms with van der Waals surface area (Å²) in [7, 11) is 0. The third kappa shape index (κ3) is 3.08. The van der Waals surface area contributed by atoms with Gasteiger partial charge in [0.05, 0.1) is 17.7 Å². The van der Waals surface area contributed by atoms with E-state index < -0.39 is 35.4 Å². The molecule has 22 heavy (non-hydrogen) atoms. The number of carbonyl (C=O) groups is 1. The lowest BCUT2D eigenvalue weighted by Crippen LogP contribution is -2.36. The fourth-order valence-electron chi connectivity index (χ4n) is 1.86. The van der Waals surface area contributed by atoms with Gasteiger partial charge in [0.2, 0.25) is 0 Å². The van der Waals surface area contributed by atoms with Gasteiger partial charge in [-0.2, -0.15) is 13.2 Å². The number of benzene rings is 1. The van der Waals surface area contributed by atoms with Crippen molar-refractivity contribution in [2.24, 2.45) is 0 Å². The molecule has 0 aliphatic rings. The molecule has 0 fully saturated rings. The average Bonchev–Trinajstić information content (AvgIpc) is 2.41. The number of nitrogens with zero attached hydrogens (tertiary/aromatic N) is 1. The van der Waals surface area contributed by atoms with Gasteiger partial charge in [-0.25, -0.2) is 9.36 Å². The Hall–Kier alpha value is -2.84. The molecule has 0 unspecified atom stereocenters. The zero-order valence-corrected chi connectivity index (χ0v) is 10.8. The van der Waals surface area contributed by atoms with Crippen LogP contribution in [0.25, 0.3) is 5.69 Å². The van der Waals surface area contributed by atoms with Crippen LogP contribution in [0, 0.1) is 0 Å².